The summed E-state index contributed by atoms with van der Waals surface area (Å²) >= 11 is 0. The van der Waals surface area contributed by atoms with Crippen LogP contribution in [0.1, 0.15) is 10.5 Å². The molecule has 0 saturated heterocycles. The first kappa shape index (κ1) is 21.2. The van der Waals surface area contributed by atoms with Crippen LogP contribution in [-0.2, 0) is 0 Å². The number of aromatic nitrogens is 4. The summed E-state index contributed by atoms with van der Waals surface area (Å²) in [7, 11) is 1.78. The van der Waals surface area contributed by atoms with Gasteiger partial charge in [-0.1, -0.05) is 12.1 Å². The number of nitrogens with zero attached hydrogens (tertiary/aromatic N) is 4. The fraction of sp³-hybridized carbons (Fsp3) is 0.182. The second-order valence-electron chi connectivity index (χ2n) is 6.94. The average molecular weight is 434 g/mol. The zero-order chi connectivity index (χ0) is 22.5. The molecule has 10 heteroatoms. The monoisotopic (exact) mass is 434 g/mol. The van der Waals surface area contributed by atoms with Gasteiger partial charge in [-0.05, 0) is 30.3 Å². The molecular formula is C22H22N6O4. The number of anilines is 2. The van der Waals surface area contributed by atoms with Crippen LogP contribution in [0.3, 0.4) is 0 Å². The lowest BCUT2D eigenvalue weighted by molar-refractivity contribution is 0.0536. The van der Waals surface area contributed by atoms with Gasteiger partial charge in [0.1, 0.15) is 24.3 Å². The Morgan fingerprint density at radius 3 is 2.88 bits per heavy atom. The predicted molar refractivity (Wildman–Crippen MR) is 119 cm³/mol. The maximum absolute atomic E-state index is 12.8. The standard InChI is InChI=1S/C22H22N6O4/c1-23-15-7-8-24-20(10-15)26-22(31)19-11-25-21-6-5-18(27-28(19)21)14-3-2-4-17(9-14)32-13-16(30)12-29/h2-11,16,29-30H,12-13H2,1H3,(H2,23,24,26,31)/t16-/m1/s1. The summed E-state index contributed by atoms with van der Waals surface area (Å²) in [5.74, 6) is 0.539. The molecule has 3 aromatic heterocycles. The maximum atomic E-state index is 12.8. The number of imidazole rings is 1. The van der Waals surface area contributed by atoms with E-state index in [2.05, 4.69) is 25.7 Å². The Bertz CT molecular complexity index is 1240. The van der Waals surface area contributed by atoms with E-state index >= 15 is 0 Å². The zero-order valence-corrected chi connectivity index (χ0v) is 17.3. The molecule has 0 spiro atoms. The van der Waals surface area contributed by atoms with Crippen LogP contribution in [0.5, 0.6) is 5.75 Å². The van der Waals surface area contributed by atoms with E-state index in [9.17, 15) is 9.90 Å². The van der Waals surface area contributed by atoms with Crippen LogP contribution in [0.2, 0.25) is 0 Å². The van der Waals surface area contributed by atoms with E-state index < -0.39 is 12.0 Å². The quantitative estimate of drug-likeness (QED) is 0.330. The number of carbonyl (C=O) groups is 1. The number of pyridine rings is 1. The van der Waals surface area contributed by atoms with Crippen molar-refractivity contribution in [3.8, 4) is 17.0 Å². The van der Waals surface area contributed by atoms with E-state index in [1.54, 1.807) is 55.7 Å². The van der Waals surface area contributed by atoms with Gasteiger partial charge in [0, 0.05) is 30.6 Å². The Balaban J connectivity index is 1.59. The number of aliphatic hydroxyl groups excluding tert-OH is 2. The van der Waals surface area contributed by atoms with Gasteiger partial charge in [-0.25, -0.2) is 14.5 Å². The van der Waals surface area contributed by atoms with Gasteiger partial charge in [-0.2, -0.15) is 5.10 Å². The van der Waals surface area contributed by atoms with Gasteiger partial charge in [0.2, 0.25) is 0 Å². The third-order valence-electron chi connectivity index (χ3n) is 4.67. The summed E-state index contributed by atoms with van der Waals surface area (Å²) in [6.07, 6.45) is 2.10. The fourth-order valence-corrected chi connectivity index (χ4v) is 3.01. The van der Waals surface area contributed by atoms with Gasteiger partial charge in [-0.15, -0.1) is 0 Å². The molecule has 0 saturated carbocycles. The Labute approximate surface area is 183 Å². The minimum atomic E-state index is -0.955. The van der Waals surface area contributed by atoms with Crippen molar-refractivity contribution in [2.24, 2.45) is 0 Å². The Kier molecular flexibility index (Phi) is 6.24. The van der Waals surface area contributed by atoms with E-state index in [-0.39, 0.29) is 18.9 Å². The first-order chi connectivity index (χ1) is 15.6. The zero-order valence-electron chi connectivity index (χ0n) is 17.3. The molecule has 32 heavy (non-hydrogen) atoms. The minimum absolute atomic E-state index is 0.0267. The maximum Gasteiger partial charge on any atom is 0.277 e. The Morgan fingerprint density at radius 1 is 1.19 bits per heavy atom. The first-order valence-electron chi connectivity index (χ1n) is 9.89. The smallest absolute Gasteiger partial charge is 0.277 e. The molecule has 0 aliphatic heterocycles. The SMILES string of the molecule is CNc1ccnc(NC(=O)c2cnc3ccc(-c4cccc(OC[C@H](O)CO)c4)nn23)c1. The van der Waals surface area contributed by atoms with E-state index in [1.165, 1.54) is 10.7 Å². The van der Waals surface area contributed by atoms with Gasteiger partial charge in [0.25, 0.3) is 5.91 Å². The third-order valence-corrected chi connectivity index (χ3v) is 4.67. The first-order valence-corrected chi connectivity index (χ1v) is 9.89. The van der Waals surface area contributed by atoms with Crippen LogP contribution >= 0.6 is 0 Å². The predicted octanol–water partition coefficient (Wildman–Crippen LogP) is 1.82. The van der Waals surface area contributed by atoms with Crippen LogP contribution in [0.25, 0.3) is 16.9 Å². The largest absolute Gasteiger partial charge is 0.491 e. The lowest BCUT2D eigenvalue weighted by Crippen LogP contribution is -2.21. The van der Waals surface area contributed by atoms with Crippen molar-refractivity contribution in [1.82, 2.24) is 19.6 Å². The number of hydrogen-bond donors (Lipinski definition) is 4. The van der Waals surface area contributed by atoms with Crippen molar-refractivity contribution in [2.45, 2.75) is 6.10 Å². The number of nitrogens with one attached hydrogen (secondary N) is 2. The number of benzene rings is 1. The van der Waals surface area contributed by atoms with Gasteiger partial charge >= 0.3 is 0 Å². The summed E-state index contributed by atoms with van der Waals surface area (Å²) < 4.78 is 6.98. The summed E-state index contributed by atoms with van der Waals surface area (Å²) in [5, 5.41) is 28.7. The van der Waals surface area contributed by atoms with E-state index in [0.29, 0.717) is 22.9 Å². The molecule has 1 aromatic carbocycles. The molecule has 1 amide bonds. The summed E-state index contributed by atoms with van der Waals surface area (Å²) in [6.45, 7) is -0.404. The highest BCUT2D eigenvalue weighted by atomic mass is 16.5. The molecule has 0 aliphatic rings. The van der Waals surface area contributed by atoms with Gasteiger partial charge in [0.05, 0.1) is 18.5 Å². The highest BCUT2D eigenvalue weighted by Crippen LogP contribution is 2.23. The number of amides is 1. The van der Waals surface area contributed by atoms with Crippen LogP contribution in [0.15, 0.2) is 60.9 Å². The molecule has 10 nitrogen and oxygen atoms in total. The van der Waals surface area contributed by atoms with Crippen molar-refractivity contribution in [2.75, 3.05) is 30.9 Å². The highest BCUT2D eigenvalue weighted by Gasteiger charge is 2.15. The van der Waals surface area contributed by atoms with Crippen molar-refractivity contribution in [3.63, 3.8) is 0 Å². The number of fused-ring (bicyclic) bond motifs is 1. The molecule has 0 unspecified atom stereocenters. The third kappa shape index (κ3) is 4.66. The second kappa shape index (κ2) is 9.41. The fourth-order valence-electron chi connectivity index (χ4n) is 3.01. The summed E-state index contributed by atoms with van der Waals surface area (Å²) in [5.41, 5.74) is 2.97. The molecule has 4 rings (SSSR count). The van der Waals surface area contributed by atoms with E-state index in [4.69, 9.17) is 9.84 Å². The number of carbonyl (C=O) groups excluding carboxylic acids is 1. The highest BCUT2D eigenvalue weighted by molar-refractivity contribution is 6.03. The number of ether oxygens (including phenoxy) is 1. The van der Waals surface area contributed by atoms with Crippen LogP contribution in [-0.4, -0.2) is 62.1 Å². The molecule has 0 radical (unpaired) electrons. The molecule has 0 fully saturated rings. The molecule has 4 N–H and O–H groups in total. The lowest BCUT2D eigenvalue weighted by atomic mass is 10.1. The lowest BCUT2D eigenvalue weighted by Gasteiger charge is -2.11. The topological polar surface area (TPSA) is 134 Å². The number of aliphatic hydroxyl groups is 2. The molecule has 3 heterocycles. The number of rotatable bonds is 8. The minimum Gasteiger partial charge on any atom is -0.491 e. The van der Waals surface area contributed by atoms with Gasteiger partial charge in [0.15, 0.2) is 11.3 Å². The van der Waals surface area contributed by atoms with Crippen molar-refractivity contribution in [1.29, 1.82) is 0 Å². The normalized spacial score (nSPS) is 11.8. The van der Waals surface area contributed by atoms with Crippen molar-refractivity contribution < 1.29 is 19.7 Å². The molecule has 1 atom stereocenters. The molecule has 164 valence electrons. The summed E-state index contributed by atoms with van der Waals surface area (Å²) in [4.78, 5) is 21.2. The van der Waals surface area contributed by atoms with E-state index in [0.717, 1.165) is 11.3 Å². The Morgan fingerprint density at radius 2 is 2.06 bits per heavy atom. The summed E-state index contributed by atoms with van der Waals surface area (Å²) in [6, 6.07) is 14.2. The van der Waals surface area contributed by atoms with Crippen LogP contribution < -0.4 is 15.4 Å². The van der Waals surface area contributed by atoms with Gasteiger partial charge < -0.3 is 25.6 Å². The van der Waals surface area contributed by atoms with Crippen molar-refractivity contribution in [3.05, 3.63) is 66.6 Å². The van der Waals surface area contributed by atoms with Gasteiger partial charge in [-0.3, -0.25) is 4.79 Å². The average Bonchev–Trinajstić information content (AvgIpc) is 3.26. The Hall–Kier alpha value is -4.02. The molecule has 0 aliphatic carbocycles. The second-order valence-corrected chi connectivity index (χ2v) is 6.94. The number of hydrogen-bond acceptors (Lipinski definition) is 8. The van der Waals surface area contributed by atoms with E-state index in [1.807, 2.05) is 6.07 Å². The van der Waals surface area contributed by atoms with Crippen LogP contribution in [0.4, 0.5) is 11.5 Å². The van der Waals surface area contributed by atoms with Crippen LogP contribution in [0, 0.1) is 0 Å². The van der Waals surface area contributed by atoms with Crippen molar-refractivity contribution >= 4 is 23.1 Å². The molecular weight excluding hydrogens is 412 g/mol. The molecule has 4 aromatic rings. The molecule has 0 bridgehead atoms.